The van der Waals surface area contributed by atoms with Gasteiger partial charge in [-0.3, -0.25) is 0 Å². The van der Waals surface area contributed by atoms with E-state index in [2.05, 4.69) is 31.2 Å². The average molecular weight is 137 g/mol. The molecule has 0 unspecified atom stereocenters. The number of aromatic nitrogens is 4. The third-order valence-corrected chi connectivity index (χ3v) is 0.867. The standard InChI is InChI=1S/C4HN4O2/c1-5-7-3(9-1)4-8-6-2-10-4/h1H. The van der Waals surface area contributed by atoms with Crippen molar-refractivity contribution >= 4 is 0 Å². The molecule has 0 bridgehead atoms. The number of hydrogen-bond donors (Lipinski definition) is 0. The lowest BCUT2D eigenvalue weighted by Crippen LogP contribution is -1.76. The van der Waals surface area contributed by atoms with E-state index >= 15 is 0 Å². The zero-order valence-electron chi connectivity index (χ0n) is 4.68. The lowest BCUT2D eigenvalue weighted by Gasteiger charge is -1.77. The third-order valence-electron chi connectivity index (χ3n) is 0.867. The summed E-state index contributed by atoms with van der Waals surface area (Å²) in [4.78, 5) is 0. The first kappa shape index (κ1) is 5.10. The highest BCUT2D eigenvalue weighted by Gasteiger charge is 2.07. The maximum Gasteiger partial charge on any atom is 0.306 e. The Bertz CT molecular complexity index is 255. The van der Waals surface area contributed by atoms with Crippen LogP contribution in [-0.2, 0) is 0 Å². The van der Waals surface area contributed by atoms with Crippen LogP contribution in [0.2, 0.25) is 0 Å². The predicted octanol–water partition coefficient (Wildman–Crippen LogP) is -0.0802. The molecule has 2 aromatic heterocycles. The van der Waals surface area contributed by atoms with Crippen molar-refractivity contribution < 1.29 is 8.83 Å². The fraction of sp³-hybridized carbons (Fsp3) is 0. The summed E-state index contributed by atoms with van der Waals surface area (Å²) in [7, 11) is 0. The smallest absolute Gasteiger partial charge is 0.306 e. The molecule has 0 amide bonds. The third kappa shape index (κ3) is 0.661. The molecule has 10 heavy (non-hydrogen) atoms. The van der Waals surface area contributed by atoms with Crippen LogP contribution in [0.25, 0.3) is 11.8 Å². The van der Waals surface area contributed by atoms with Gasteiger partial charge in [-0.15, -0.1) is 20.4 Å². The van der Waals surface area contributed by atoms with Gasteiger partial charge in [-0.1, -0.05) is 0 Å². The molecule has 1 radical (unpaired) electrons. The molecule has 0 N–H and O–H groups in total. The van der Waals surface area contributed by atoms with Crippen LogP contribution in [0.3, 0.4) is 0 Å². The molecule has 0 aliphatic carbocycles. The van der Waals surface area contributed by atoms with Gasteiger partial charge in [0, 0.05) is 0 Å². The normalized spacial score (nSPS) is 10.0. The van der Waals surface area contributed by atoms with E-state index < -0.39 is 0 Å². The monoisotopic (exact) mass is 137 g/mol. The van der Waals surface area contributed by atoms with Crippen molar-refractivity contribution in [3.63, 3.8) is 0 Å². The Hall–Kier alpha value is -1.72. The number of hydrogen-bond acceptors (Lipinski definition) is 6. The topological polar surface area (TPSA) is 77.8 Å². The fourth-order valence-corrected chi connectivity index (χ4v) is 0.503. The van der Waals surface area contributed by atoms with Crippen molar-refractivity contribution in [1.82, 2.24) is 20.4 Å². The van der Waals surface area contributed by atoms with E-state index in [9.17, 15) is 0 Å². The largest absolute Gasteiger partial charge is 0.420 e. The average Bonchev–Trinajstić information content (AvgIpc) is 2.59. The molecule has 6 nitrogen and oxygen atoms in total. The lowest BCUT2D eigenvalue weighted by atomic mass is 10.7. The van der Waals surface area contributed by atoms with E-state index in [-0.39, 0.29) is 11.8 Å². The van der Waals surface area contributed by atoms with Gasteiger partial charge in [-0.25, -0.2) is 0 Å². The molecule has 49 valence electrons. The van der Waals surface area contributed by atoms with Gasteiger partial charge in [-0.2, -0.15) is 0 Å². The van der Waals surface area contributed by atoms with Crippen molar-refractivity contribution in [3.8, 4) is 11.8 Å². The quantitative estimate of drug-likeness (QED) is 0.547. The zero-order valence-corrected chi connectivity index (χ0v) is 4.68. The van der Waals surface area contributed by atoms with E-state index in [1.165, 1.54) is 6.39 Å². The highest BCUT2D eigenvalue weighted by atomic mass is 16.4. The minimum atomic E-state index is 0.178. The molecule has 0 aromatic carbocycles. The molecule has 0 fully saturated rings. The van der Waals surface area contributed by atoms with Crippen LogP contribution in [-0.4, -0.2) is 20.4 Å². The Morgan fingerprint density at radius 1 is 1.30 bits per heavy atom. The Labute approximate surface area is 54.9 Å². The summed E-state index contributed by atoms with van der Waals surface area (Å²) in [6.45, 7) is 0. The highest BCUT2D eigenvalue weighted by molar-refractivity contribution is 5.32. The second-order valence-electron chi connectivity index (χ2n) is 1.44. The second kappa shape index (κ2) is 1.90. The fourth-order valence-electron chi connectivity index (χ4n) is 0.503. The van der Waals surface area contributed by atoms with E-state index in [1.807, 2.05) is 0 Å². The van der Waals surface area contributed by atoms with Gasteiger partial charge in [0.05, 0.1) is 0 Å². The summed E-state index contributed by atoms with van der Waals surface area (Å²) in [6, 6.07) is 0. The first-order valence-electron chi connectivity index (χ1n) is 2.43. The van der Waals surface area contributed by atoms with Crippen LogP contribution in [0.4, 0.5) is 0 Å². The molecule has 0 saturated carbocycles. The van der Waals surface area contributed by atoms with E-state index in [0.717, 1.165) is 0 Å². The summed E-state index contributed by atoms with van der Waals surface area (Å²) in [5, 5.41) is 13.7. The van der Waals surface area contributed by atoms with Gasteiger partial charge in [0.2, 0.25) is 6.39 Å². The Kier molecular flexibility index (Phi) is 0.970. The molecule has 2 rings (SSSR count). The molecule has 2 aromatic rings. The van der Waals surface area contributed by atoms with Gasteiger partial charge < -0.3 is 8.83 Å². The summed E-state index contributed by atoms with van der Waals surface area (Å²) in [6.07, 6.45) is 3.33. The van der Waals surface area contributed by atoms with Crippen LogP contribution in [0.15, 0.2) is 15.2 Å². The maximum absolute atomic E-state index is 4.74. The van der Waals surface area contributed by atoms with Crippen molar-refractivity contribution in [3.05, 3.63) is 12.8 Å². The number of rotatable bonds is 1. The molecule has 0 saturated heterocycles. The molecule has 0 atom stereocenters. The van der Waals surface area contributed by atoms with Gasteiger partial charge in [-0.05, 0) is 0 Å². The Morgan fingerprint density at radius 3 is 2.90 bits per heavy atom. The van der Waals surface area contributed by atoms with E-state index in [1.54, 1.807) is 0 Å². The molecule has 0 spiro atoms. The van der Waals surface area contributed by atoms with Gasteiger partial charge in [0.1, 0.15) is 0 Å². The minimum absolute atomic E-state index is 0.178. The predicted molar refractivity (Wildman–Crippen MR) is 26.4 cm³/mol. The zero-order chi connectivity index (χ0) is 6.81. The molecular weight excluding hydrogens is 136 g/mol. The first-order valence-corrected chi connectivity index (χ1v) is 2.43. The van der Waals surface area contributed by atoms with Gasteiger partial charge in [0.25, 0.3) is 0 Å². The summed E-state index contributed by atoms with van der Waals surface area (Å²) in [5.74, 6) is 0.381. The highest BCUT2D eigenvalue weighted by Crippen LogP contribution is 2.09. The summed E-state index contributed by atoms with van der Waals surface area (Å²) < 4.78 is 9.37. The van der Waals surface area contributed by atoms with Crippen LogP contribution >= 0.6 is 0 Å². The van der Waals surface area contributed by atoms with Crippen molar-refractivity contribution in [2.75, 3.05) is 0 Å². The lowest BCUT2D eigenvalue weighted by molar-refractivity contribution is 0.503. The maximum atomic E-state index is 4.74. The summed E-state index contributed by atoms with van der Waals surface area (Å²) >= 11 is 0. The SMILES string of the molecule is [c]1nnc(-c2nnco2)o1. The van der Waals surface area contributed by atoms with Crippen LogP contribution in [0, 0.1) is 6.39 Å². The van der Waals surface area contributed by atoms with Gasteiger partial charge in [0.15, 0.2) is 0 Å². The van der Waals surface area contributed by atoms with Crippen molar-refractivity contribution in [1.29, 1.82) is 0 Å². The van der Waals surface area contributed by atoms with Crippen molar-refractivity contribution in [2.45, 2.75) is 0 Å². The van der Waals surface area contributed by atoms with Crippen LogP contribution in [0.5, 0.6) is 0 Å². The summed E-state index contributed by atoms with van der Waals surface area (Å²) in [5.41, 5.74) is 0. The molecule has 6 heteroatoms. The number of nitrogens with zero attached hydrogens (tertiary/aromatic N) is 4. The molecule has 0 aliphatic heterocycles. The van der Waals surface area contributed by atoms with Crippen molar-refractivity contribution in [2.24, 2.45) is 0 Å². The minimum Gasteiger partial charge on any atom is -0.420 e. The second-order valence-corrected chi connectivity index (χ2v) is 1.44. The first-order chi connectivity index (χ1) is 4.97. The van der Waals surface area contributed by atoms with Crippen LogP contribution in [0.1, 0.15) is 0 Å². The molecule has 0 aliphatic rings. The van der Waals surface area contributed by atoms with E-state index in [4.69, 9.17) is 4.42 Å². The van der Waals surface area contributed by atoms with Gasteiger partial charge >= 0.3 is 18.2 Å². The van der Waals surface area contributed by atoms with Crippen LogP contribution < -0.4 is 0 Å². The Morgan fingerprint density at radius 2 is 2.30 bits per heavy atom. The Balaban J connectivity index is 2.48. The molecule has 2 heterocycles. The van der Waals surface area contributed by atoms with E-state index in [0.29, 0.717) is 0 Å². The molecular formula is C4HN4O2.